The Morgan fingerprint density at radius 2 is 1.87 bits per heavy atom. The lowest BCUT2D eigenvalue weighted by atomic mass is 10.0. The van der Waals surface area contributed by atoms with E-state index >= 15 is 0 Å². The number of rotatable bonds is 7. The average Bonchev–Trinajstić information content (AvgIpc) is 2.59. The highest BCUT2D eigenvalue weighted by atomic mass is 15.1. The first-order chi connectivity index (χ1) is 11.2. The summed E-state index contributed by atoms with van der Waals surface area (Å²) < 4.78 is 0. The Morgan fingerprint density at radius 1 is 1.13 bits per heavy atom. The quantitative estimate of drug-likeness (QED) is 0.589. The third kappa shape index (κ3) is 5.09. The molecule has 0 fully saturated rings. The molecular weight excluding hydrogens is 280 g/mol. The van der Waals surface area contributed by atoms with Crippen molar-refractivity contribution in [2.75, 3.05) is 18.0 Å². The van der Waals surface area contributed by atoms with Gasteiger partial charge in [0.05, 0.1) is 5.52 Å². The molecule has 1 aromatic heterocycles. The summed E-state index contributed by atoms with van der Waals surface area (Å²) in [6, 6.07) is 8.87. The monoisotopic (exact) mass is 312 g/mol. The molecule has 0 N–H and O–H groups in total. The molecule has 0 aliphatic rings. The Kier molecular flexibility index (Phi) is 8.39. The Balaban J connectivity index is 0.00000127. The smallest absolute Gasteiger partial charge is 0.0709 e. The van der Waals surface area contributed by atoms with Gasteiger partial charge in [-0.3, -0.25) is 4.98 Å². The van der Waals surface area contributed by atoms with Gasteiger partial charge in [0, 0.05) is 29.9 Å². The zero-order valence-electron chi connectivity index (χ0n) is 15.5. The van der Waals surface area contributed by atoms with Gasteiger partial charge in [0.15, 0.2) is 0 Å². The number of benzene rings is 1. The fourth-order valence-electron chi connectivity index (χ4n) is 2.81. The zero-order chi connectivity index (χ0) is 17.2. The second kappa shape index (κ2) is 10.0. The minimum atomic E-state index is 1.02. The van der Waals surface area contributed by atoms with Gasteiger partial charge in [0.25, 0.3) is 0 Å². The van der Waals surface area contributed by atoms with Crippen LogP contribution in [-0.2, 0) is 6.42 Å². The van der Waals surface area contributed by atoms with E-state index in [4.69, 9.17) is 0 Å². The first-order valence-electron chi connectivity index (χ1n) is 8.95. The Bertz CT molecular complexity index is 617. The fraction of sp³-hybridized carbons (Fsp3) is 0.476. The van der Waals surface area contributed by atoms with Crippen molar-refractivity contribution in [2.45, 2.75) is 53.9 Å². The maximum atomic E-state index is 4.66. The first-order valence-corrected chi connectivity index (χ1v) is 8.95. The van der Waals surface area contributed by atoms with E-state index in [1.807, 2.05) is 19.9 Å². The van der Waals surface area contributed by atoms with Crippen LogP contribution in [0.25, 0.3) is 10.9 Å². The Labute approximate surface area is 142 Å². The summed E-state index contributed by atoms with van der Waals surface area (Å²) in [6.07, 6.45) is 5.21. The molecule has 0 radical (unpaired) electrons. The van der Waals surface area contributed by atoms with E-state index in [0.29, 0.717) is 0 Å². The van der Waals surface area contributed by atoms with E-state index < -0.39 is 0 Å². The largest absolute Gasteiger partial charge is 0.371 e. The van der Waals surface area contributed by atoms with Crippen LogP contribution < -0.4 is 4.90 Å². The number of hydrogen-bond acceptors (Lipinski definition) is 2. The molecule has 23 heavy (non-hydrogen) atoms. The van der Waals surface area contributed by atoms with Gasteiger partial charge in [-0.05, 0) is 56.0 Å². The molecule has 2 aromatic rings. The highest BCUT2D eigenvalue weighted by molar-refractivity contribution is 5.86. The predicted octanol–water partition coefficient (Wildman–Crippen LogP) is 5.92. The number of fused-ring (bicyclic) bond motifs is 1. The van der Waals surface area contributed by atoms with Crippen LogP contribution in [0.15, 0.2) is 36.9 Å². The molecule has 0 unspecified atom stereocenters. The van der Waals surface area contributed by atoms with Crippen molar-refractivity contribution in [2.24, 2.45) is 0 Å². The summed E-state index contributed by atoms with van der Waals surface area (Å²) in [5.41, 5.74) is 4.89. The number of aromatic nitrogens is 1. The highest BCUT2D eigenvalue weighted by Gasteiger charge is 2.08. The van der Waals surface area contributed by atoms with E-state index in [9.17, 15) is 0 Å². The van der Waals surface area contributed by atoms with Crippen molar-refractivity contribution < 1.29 is 0 Å². The number of nitrogens with zero attached hydrogens (tertiary/aromatic N) is 2. The molecule has 0 spiro atoms. The molecule has 0 aliphatic heterocycles. The van der Waals surface area contributed by atoms with Gasteiger partial charge in [-0.25, -0.2) is 0 Å². The van der Waals surface area contributed by atoms with Crippen LogP contribution in [0.5, 0.6) is 0 Å². The zero-order valence-corrected chi connectivity index (χ0v) is 15.5. The topological polar surface area (TPSA) is 16.1 Å². The van der Waals surface area contributed by atoms with Gasteiger partial charge >= 0.3 is 0 Å². The summed E-state index contributed by atoms with van der Waals surface area (Å²) in [7, 11) is 0. The van der Waals surface area contributed by atoms with Crippen LogP contribution in [0, 0.1) is 6.92 Å². The lowest BCUT2D eigenvalue weighted by Gasteiger charge is -2.24. The third-order valence-corrected chi connectivity index (χ3v) is 3.85. The van der Waals surface area contributed by atoms with E-state index in [-0.39, 0.29) is 0 Å². The van der Waals surface area contributed by atoms with Gasteiger partial charge < -0.3 is 4.90 Å². The lowest BCUT2D eigenvalue weighted by molar-refractivity contribution is 0.765. The molecule has 0 saturated carbocycles. The molecule has 126 valence electrons. The molecule has 2 heteroatoms. The molecule has 0 saturated heterocycles. The second-order valence-corrected chi connectivity index (χ2v) is 5.54. The average molecular weight is 313 g/mol. The number of anilines is 1. The molecule has 0 amide bonds. The number of hydrogen-bond donors (Lipinski definition) is 0. The Morgan fingerprint density at radius 3 is 2.48 bits per heavy atom. The summed E-state index contributed by atoms with van der Waals surface area (Å²) in [5, 5.41) is 1.29. The molecule has 1 aromatic carbocycles. The van der Waals surface area contributed by atoms with Crippen LogP contribution in [0.4, 0.5) is 5.69 Å². The molecule has 0 atom stereocenters. The van der Waals surface area contributed by atoms with E-state index in [0.717, 1.165) is 43.6 Å². The summed E-state index contributed by atoms with van der Waals surface area (Å²) >= 11 is 0. The van der Waals surface area contributed by atoms with Crippen LogP contribution in [-0.4, -0.2) is 18.1 Å². The van der Waals surface area contributed by atoms with Crippen LogP contribution in [0.2, 0.25) is 0 Å². The van der Waals surface area contributed by atoms with Crippen molar-refractivity contribution in [1.82, 2.24) is 4.98 Å². The third-order valence-electron chi connectivity index (χ3n) is 3.85. The predicted molar refractivity (Wildman–Crippen MR) is 105 cm³/mol. The molecule has 2 nitrogen and oxygen atoms in total. The standard InChI is InChI=1S/C19H26N2.C2H6/c1-5-8-12-21(11-6-2)17-9-10-19-18(14-17)16(7-3)13-15(4)20-19;1-2/h5,9-10,13-14H,1,6-8,11-12H2,2-4H3;1-2H3. The van der Waals surface area contributed by atoms with E-state index in [2.05, 4.69) is 61.5 Å². The van der Waals surface area contributed by atoms with Crippen molar-refractivity contribution in [1.29, 1.82) is 0 Å². The molecule has 2 rings (SSSR count). The van der Waals surface area contributed by atoms with E-state index in [1.54, 1.807) is 0 Å². The fourth-order valence-corrected chi connectivity index (χ4v) is 2.81. The summed E-state index contributed by atoms with van der Waals surface area (Å²) in [6.45, 7) is 16.5. The van der Waals surface area contributed by atoms with Crippen LogP contribution >= 0.6 is 0 Å². The molecule has 1 heterocycles. The lowest BCUT2D eigenvalue weighted by Crippen LogP contribution is -2.24. The second-order valence-electron chi connectivity index (χ2n) is 5.54. The summed E-state index contributed by atoms with van der Waals surface area (Å²) in [4.78, 5) is 7.10. The molecular formula is C21H32N2. The van der Waals surface area contributed by atoms with Crippen molar-refractivity contribution in [3.8, 4) is 0 Å². The van der Waals surface area contributed by atoms with Crippen molar-refractivity contribution in [3.63, 3.8) is 0 Å². The first kappa shape index (κ1) is 19.2. The number of aryl methyl sites for hydroxylation is 2. The minimum Gasteiger partial charge on any atom is -0.371 e. The van der Waals surface area contributed by atoms with Gasteiger partial charge in [-0.15, -0.1) is 6.58 Å². The SMILES string of the molecule is C=CCCN(CCC)c1ccc2nc(C)cc(CC)c2c1.CC. The Hall–Kier alpha value is -1.83. The molecule has 0 bridgehead atoms. The van der Waals surface area contributed by atoms with Gasteiger partial charge in [-0.2, -0.15) is 0 Å². The van der Waals surface area contributed by atoms with Gasteiger partial charge in [0.2, 0.25) is 0 Å². The van der Waals surface area contributed by atoms with Gasteiger partial charge in [0.1, 0.15) is 0 Å². The van der Waals surface area contributed by atoms with Crippen LogP contribution in [0.3, 0.4) is 0 Å². The van der Waals surface area contributed by atoms with Crippen molar-refractivity contribution >= 4 is 16.6 Å². The van der Waals surface area contributed by atoms with Crippen LogP contribution in [0.1, 0.15) is 51.8 Å². The maximum Gasteiger partial charge on any atom is 0.0709 e. The maximum absolute atomic E-state index is 4.66. The highest BCUT2D eigenvalue weighted by Crippen LogP contribution is 2.25. The number of pyridine rings is 1. The minimum absolute atomic E-state index is 1.02. The van der Waals surface area contributed by atoms with Crippen molar-refractivity contribution in [3.05, 3.63) is 48.2 Å². The normalized spacial score (nSPS) is 10.1. The van der Waals surface area contributed by atoms with E-state index in [1.165, 1.54) is 16.6 Å². The summed E-state index contributed by atoms with van der Waals surface area (Å²) in [5.74, 6) is 0. The van der Waals surface area contributed by atoms with Gasteiger partial charge in [-0.1, -0.05) is 33.8 Å². The molecule has 0 aliphatic carbocycles.